The topological polar surface area (TPSA) is 58.9 Å². The molecule has 0 aliphatic carbocycles. The minimum atomic E-state index is 0.0584. The lowest BCUT2D eigenvalue weighted by Gasteiger charge is -2.32. The molecule has 0 radical (unpaired) electrons. The maximum Gasteiger partial charge on any atom is 0.253 e. The molecule has 178 valence electrons. The van der Waals surface area contributed by atoms with Crippen LogP contribution < -0.4 is 5.56 Å². The van der Waals surface area contributed by atoms with Gasteiger partial charge in [0.05, 0.1) is 11.9 Å². The van der Waals surface area contributed by atoms with Crippen LogP contribution in [0.4, 0.5) is 0 Å². The van der Waals surface area contributed by atoms with Crippen LogP contribution in [0.5, 0.6) is 0 Å². The van der Waals surface area contributed by atoms with Gasteiger partial charge in [0.15, 0.2) is 0 Å². The summed E-state index contributed by atoms with van der Waals surface area (Å²) in [5.41, 5.74) is 8.27. The number of rotatable bonds is 5. The Bertz CT molecular complexity index is 1360. The minimum Gasteiger partial charge on any atom is -0.354 e. The van der Waals surface area contributed by atoms with Gasteiger partial charge in [-0.25, -0.2) is 0 Å². The molecule has 1 saturated heterocycles. The third-order valence-corrected chi connectivity index (χ3v) is 7.31. The van der Waals surface area contributed by atoms with Crippen LogP contribution in [0, 0.1) is 6.92 Å². The van der Waals surface area contributed by atoms with Gasteiger partial charge < -0.3 is 9.55 Å². The van der Waals surface area contributed by atoms with E-state index in [0.717, 1.165) is 36.5 Å². The van der Waals surface area contributed by atoms with E-state index in [1.807, 2.05) is 44.2 Å². The Labute approximate surface area is 201 Å². The molecule has 0 saturated carbocycles. The number of aryl methyl sites for hydroxylation is 3. The number of aromatic amines is 1. The van der Waals surface area contributed by atoms with Crippen molar-refractivity contribution in [1.82, 2.24) is 24.2 Å². The van der Waals surface area contributed by atoms with E-state index in [1.54, 1.807) is 4.57 Å². The summed E-state index contributed by atoms with van der Waals surface area (Å²) < 4.78 is 3.57. The fourth-order valence-corrected chi connectivity index (χ4v) is 5.56. The lowest BCUT2D eigenvalue weighted by atomic mass is 9.87. The number of nitrogens with one attached hydrogen (secondary N) is 1. The van der Waals surface area contributed by atoms with E-state index in [-0.39, 0.29) is 5.56 Å². The first-order valence-electron chi connectivity index (χ1n) is 12.3. The number of aromatic nitrogens is 4. The van der Waals surface area contributed by atoms with Crippen LogP contribution >= 0.6 is 0 Å². The van der Waals surface area contributed by atoms with Crippen molar-refractivity contribution in [3.05, 3.63) is 75.5 Å². The molecule has 1 N–H and O–H groups in total. The van der Waals surface area contributed by atoms with Crippen molar-refractivity contribution in [3.8, 4) is 11.3 Å². The zero-order valence-corrected chi connectivity index (χ0v) is 20.9. The zero-order chi connectivity index (χ0) is 24.0. The predicted molar refractivity (Wildman–Crippen MR) is 138 cm³/mol. The fourth-order valence-electron chi connectivity index (χ4n) is 5.56. The largest absolute Gasteiger partial charge is 0.354 e. The van der Waals surface area contributed by atoms with Crippen LogP contribution in [-0.4, -0.2) is 37.3 Å². The summed E-state index contributed by atoms with van der Waals surface area (Å²) >= 11 is 0. The predicted octanol–water partition coefficient (Wildman–Crippen LogP) is 5.08. The lowest BCUT2D eigenvalue weighted by Crippen LogP contribution is -2.32. The summed E-state index contributed by atoms with van der Waals surface area (Å²) in [5.74, 6) is 0.963. The second kappa shape index (κ2) is 8.91. The summed E-state index contributed by atoms with van der Waals surface area (Å²) in [6.07, 6.45) is 8.40. The van der Waals surface area contributed by atoms with E-state index in [2.05, 4.69) is 53.2 Å². The Morgan fingerprint density at radius 3 is 2.53 bits per heavy atom. The SMILES string of the molecule is Cc1cc(-c2[nH]c3ccc(C4CCN(Cc5cnn(C)c5)CC4)cc3c2C(C)C)cn(C)c1=O. The van der Waals surface area contributed by atoms with E-state index in [0.29, 0.717) is 11.8 Å². The number of fused-ring (bicyclic) bond motifs is 1. The Hall–Kier alpha value is -3.12. The molecule has 4 aromatic rings. The molecule has 0 bridgehead atoms. The Kier molecular flexibility index (Phi) is 5.94. The Morgan fingerprint density at radius 2 is 1.88 bits per heavy atom. The van der Waals surface area contributed by atoms with Gasteiger partial charge in [0.2, 0.25) is 0 Å². The maximum absolute atomic E-state index is 12.2. The molecule has 0 unspecified atom stereocenters. The molecule has 0 atom stereocenters. The number of hydrogen-bond acceptors (Lipinski definition) is 3. The van der Waals surface area contributed by atoms with Crippen LogP contribution in [0.2, 0.25) is 0 Å². The lowest BCUT2D eigenvalue weighted by molar-refractivity contribution is 0.204. The molecule has 4 heterocycles. The van der Waals surface area contributed by atoms with E-state index in [4.69, 9.17) is 0 Å². The summed E-state index contributed by atoms with van der Waals surface area (Å²) in [4.78, 5) is 18.4. The van der Waals surface area contributed by atoms with Crippen LogP contribution in [0.15, 0.2) is 47.7 Å². The van der Waals surface area contributed by atoms with Gasteiger partial charge in [-0.3, -0.25) is 14.4 Å². The van der Waals surface area contributed by atoms with Gasteiger partial charge in [0, 0.05) is 60.6 Å². The van der Waals surface area contributed by atoms with E-state index < -0.39 is 0 Å². The molecule has 1 fully saturated rings. The summed E-state index contributed by atoms with van der Waals surface area (Å²) in [5, 5.41) is 5.62. The summed E-state index contributed by atoms with van der Waals surface area (Å²) in [6.45, 7) is 9.61. The number of H-pyrrole nitrogens is 1. The van der Waals surface area contributed by atoms with Crippen molar-refractivity contribution in [2.75, 3.05) is 13.1 Å². The van der Waals surface area contributed by atoms with Gasteiger partial charge in [-0.2, -0.15) is 5.10 Å². The summed E-state index contributed by atoms with van der Waals surface area (Å²) in [7, 11) is 3.80. The monoisotopic (exact) mass is 457 g/mol. The van der Waals surface area contributed by atoms with Gasteiger partial charge in [-0.1, -0.05) is 19.9 Å². The van der Waals surface area contributed by atoms with Gasteiger partial charge in [0.1, 0.15) is 0 Å². The van der Waals surface area contributed by atoms with Gasteiger partial charge in [-0.05, 0) is 74.0 Å². The van der Waals surface area contributed by atoms with Gasteiger partial charge >= 0.3 is 0 Å². The molecule has 1 aromatic carbocycles. The first-order valence-corrected chi connectivity index (χ1v) is 12.3. The normalized spacial score (nSPS) is 15.6. The minimum absolute atomic E-state index is 0.0584. The average molecular weight is 458 g/mol. The number of benzene rings is 1. The molecular weight excluding hydrogens is 422 g/mol. The van der Waals surface area contributed by atoms with E-state index in [1.165, 1.54) is 40.4 Å². The molecule has 3 aromatic heterocycles. The van der Waals surface area contributed by atoms with E-state index >= 15 is 0 Å². The number of hydrogen-bond donors (Lipinski definition) is 1. The highest BCUT2D eigenvalue weighted by Gasteiger charge is 2.23. The van der Waals surface area contributed by atoms with Crippen LogP contribution in [0.1, 0.15) is 60.8 Å². The van der Waals surface area contributed by atoms with Gasteiger partial charge in [-0.15, -0.1) is 0 Å². The molecule has 6 heteroatoms. The smallest absolute Gasteiger partial charge is 0.253 e. The molecule has 6 nitrogen and oxygen atoms in total. The summed E-state index contributed by atoms with van der Waals surface area (Å²) in [6, 6.07) is 8.98. The molecule has 1 aliphatic heterocycles. The first kappa shape index (κ1) is 22.7. The van der Waals surface area contributed by atoms with E-state index in [9.17, 15) is 4.79 Å². The molecule has 34 heavy (non-hydrogen) atoms. The second-order valence-corrected chi connectivity index (χ2v) is 10.3. The second-order valence-electron chi connectivity index (χ2n) is 10.3. The fraction of sp³-hybridized carbons (Fsp3) is 0.429. The Balaban J connectivity index is 1.42. The molecule has 0 amide bonds. The molecule has 0 spiro atoms. The third kappa shape index (κ3) is 4.23. The quantitative estimate of drug-likeness (QED) is 0.455. The highest BCUT2D eigenvalue weighted by Crippen LogP contribution is 2.38. The highest BCUT2D eigenvalue weighted by molar-refractivity contribution is 5.92. The van der Waals surface area contributed by atoms with Crippen molar-refractivity contribution in [3.63, 3.8) is 0 Å². The molecule has 1 aliphatic rings. The van der Waals surface area contributed by atoms with Crippen molar-refractivity contribution in [2.24, 2.45) is 14.1 Å². The number of pyridine rings is 1. The van der Waals surface area contributed by atoms with Crippen molar-refractivity contribution in [1.29, 1.82) is 0 Å². The number of likely N-dealkylation sites (tertiary alicyclic amines) is 1. The maximum atomic E-state index is 12.2. The van der Waals surface area contributed by atoms with Crippen LogP contribution in [0.25, 0.3) is 22.2 Å². The molecule has 5 rings (SSSR count). The van der Waals surface area contributed by atoms with Crippen LogP contribution in [0.3, 0.4) is 0 Å². The molecular formula is C28H35N5O. The third-order valence-electron chi connectivity index (χ3n) is 7.31. The van der Waals surface area contributed by atoms with Crippen LogP contribution in [-0.2, 0) is 20.6 Å². The average Bonchev–Trinajstić information content (AvgIpc) is 3.40. The highest BCUT2D eigenvalue weighted by atomic mass is 16.1. The first-order chi connectivity index (χ1) is 16.3. The standard InChI is InChI=1S/C28H35N5O/c1-18(2)26-24-13-22(21-8-10-33(11-9-21)16-20-14-29-32(5)15-20)6-7-25(24)30-27(26)23-12-19(3)28(34)31(4)17-23/h6-7,12-15,17-18,21,30H,8-11,16H2,1-5H3. The number of nitrogens with zero attached hydrogens (tertiary/aromatic N) is 4. The van der Waals surface area contributed by atoms with Crippen molar-refractivity contribution >= 4 is 10.9 Å². The Morgan fingerprint density at radius 1 is 1.12 bits per heavy atom. The van der Waals surface area contributed by atoms with Gasteiger partial charge in [0.25, 0.3) is 5.56 Å². The van der Waals surface area contributed by atoms with Crippen molar-refractivity contribution in [2.45, 2.75) is 52.0 Å². The van der Waals surface area contributed by atoms with Crippen molar-refractivity contribution < 1.29 is 0 Å². The number of piperidine rings is 1. The zero-order valence-electron chi connectivity index (χ0n) is 20.9.